The highest BCUT2D eigenvalue weighted by Gasteiger charge is 2.23. The molecule has 0 spiro atoms. The number of rotatable bonds is 7. The minimum atomic E-state index is -0.299. The van der Waals surface area contributed by atoms with Crippen LogP contribution in [0.15, 0.2) is 64.2 Å². The largest absolute Gasteiger partial charge is 0.343 e. The van der Waals surface area contributed by atoms with Crippen LogP contribution >= 0.6 is 22.7 Å². The zero-order chi connectivity index (χ0) is 23.5. The first-order valence-corrected chi connectivity index (χ1v) is 12.8. The summed E-state index contributed by atoms with van der Waals surface area (Å²) in [5.74, 6) is -0.359. The lowest BCUT2D eigenvalue weighted by molar-refractivity contribution is -0.123. The van der Waals surface area contributed by atoms with Crippen molar-refractivity contribution in [2.24, 2.45) is 0 Å². The van der Waals surface area contributed by atoms with Gasteiger partial charge in [-0.05, 0) is 29.1 Å². The fourth-order valence-electron chi connectivity index (χ4n) is 4.14. The molecule has 10 heteroatoms. The number of fused-ring (bicyclic) bond motifs is 1. The van der Waals surface area contributed by atoms with Crippen molar-refractivity contribution in [2.45, 2.75) is 12.6 Å². The lowest BCUT2D eigenvalue weighted by Crippen LogP contribution is -2.49. The van der Waals surface area contributed by atoms with Crippen LogP contribution in [0.1, 0.15) is 22.2 Å². The van der Waals surface area contributed by atoms with Crippen molar-refractivity contribution in [2.75, 3.05) is 32.7 Å². The normalized spacial score (nSPS) is 16.0. The molecule has 1 saturated heterocycles. The van der Waals surface area contributed by atoms with E-state index in [1.165, 1.54) is 23.5 Å². The van der Waals surface area contributed by atoms with Crippen LogP contribution in [0, 0.1) is 5.82 Å². The molecule has 34 heavy (non-hydrogen) atoms. The van der Waals surface area contributed by atoms with Gasteiger partial charge in [-0.25, -0.2) is 9.37 Å². The highest BCUT2D eigenvalue weighted by molar-refractivity contribution is 7.15. The Kier molecular flexibility index (Phi) is 6.82. The number of halogens is 1. The van der Waals surface area contributed by atoms with Gasteiger partial charge in [0.2, 0.25) is 5.91 Å². The molecule has 1 aromatic carbocycles. The lowest BCUT2D eigenvalue weighted by atomic mass is 10.1. The van der Waals surface area contributed by atoms with Gasteiger partial charge in [-0.2, -0.15) is 0 Å². The van der Waals surface area contributed by atoms with Crippen molar-refractivity contribution in [1.29, 1.82) is 0 Å². The third kappa shape index (κ3) is 5.25. The third-order valence-corrected chi connectivity index (χ3v) is 7.60. The molecule has 1 N–H and O–H groups in total. The molecule has 1 atom stereocenters. The fraction of sp³-hybridized carbons (Fsp3) is 0.292. The van der Waals surface area contributed by atoms with Crippen molar-refractivity contribution in [1.82, 2.24) is 24.5 Å². The second-order valence-electron chi connectivity index (χ2n) is 8.26. The van der Waals surface area contributed by atoms with Crippen LogP contribution in [-0.4, -0.2) is 57.8 Å². The van der Waals surface area contributed by atoms with Gasteiger partial charge in [0.1, 0.15) is 5.82 Å². The number of carbonyl (C=O) groups is 1. The van der Waals surface area contributed by atoms with Crippen LogP contribution in [0.2, 0.25) is 0 Å². The summed E-state index contributed by atoms with van der Waals surface area (Å²) in [5.41, 5.74) is 1.57. The van der Waals surface area contributed by atoms with Gasteiger partial charge in [0, 0.05) is 55.2 Å². The Balaban J connectivity index is 1.16. The van der Waals surface area contributed by atoms with Crippen molar-refractivity contribution in [3.8, 4) is 0 Å². The van der Waals surface area contributed by atoms with E-state index in [1.807, 2.05) is 22.9 Å². The number of carbonyl (C=O) groups excluding carboxylic acids is 1. The average Bonchev–Trinajstić information content (AvgIpc) is 3.52. The minimum absolute atomic E-state index is 0.0574. The molecule has 0 bridgehead atoms. The van der Waals surface area contributed by atoms with E-state index < -0.39 is 0 Å². The highest BCUT2D eigenvalue weighted by Crippen LogP contribution is 2.26. The van der Waals surface area contributed by atoms with E-state index >= 15 is 0 Å². The van der Waals surface area contributed by atoms with Gasteiger partial charge in [0.15, 0.2) is 4.96 Å². The second-order valence-corrected chi connectivity index (χ2v) is 10.1. The molecule has 176 valence electrons. The Morgan fingerprint density at radius 2 is 1.82 bits per heavy atom. The molecule has 1 aliphatic heterocycles. The van der Waals surface area contributed by atoms with E-state index in [-0.39, 0.29) is 23.3 Å². The molecule has 1 aliphatic rings. The molecule has 5 rings (SSSR count). The second kappa shape index (κ2) is 10.1. The maximum absolute atomic E-state index is 13.4. The van der Waals surface area contributed by atoms with Crippen LogP contribution < -0.4 is 10.9 Å². The SMILES string of the molecule is O=C(CN1CCN(Cc2cc(=O)n3ccsc3n2)CC1)N[C@H](c1ccc(F)cc1)c1cccs1. The molecule has 7 nitrogen and oxygen atoms in total. The molecule has 4 heterocycles. The van der Waals surface area contributed by atoms with Crippen molar-refractivity contribution >= 4 is 33.5 Å². The van der Waals surface area contributed by atoms with E-state index in [1.54, 1.807) is 40.1 Å². The third-order valence-electron chi connectivity index (χ3n) is 5.91. The number of nitrogens with one attached hydrogen (secondary N) is 1. The summed E-state index contributed by atoms with van der Waals surface area (Å²) in [6, 6.07) is 11.5. The quantitative estimate of drug-likeness (QED) is 0.425. The zero-order valence-electron chi connectivity index (χ0n) is 18.4. The Bertz CT molecular complexity index is 1310. The number of thiophene rings is 1. The maximum atomic E-state index is 13.4. The molecule has 1 amide bonds. The summed E-state index contributed by atoms with van der Waals surface area (Å²) in [4.78, 5) is 35.8. The standard InChI is InChI=1S/C24H24FN5O2S2/c25-18-5-3-17(4-6-18)23(20-2-1-12-33-20)27-21(31)16-29-9-7-28(8-10-29)15-19-14-22(32)30-11-13-34-24(30)26-19/h1-6,11-14,23H,7-10,15-16H2,(H,27,31)/t23-/m1/s1. The molecule has 4 aromatic rings. The van der Waals surface area contributed by atoms with Crippen molar-refractivity contribution in [3.63, 3.8) is 0 Å². The summed E-state index contributed by atoms with van der Waals surface area (Å²) >= 11 is 3.01. The number of thiazole rings is 1. The molecule has 0 saturated carbocycles. The van der Waals surface area contributed by atoms with Gasteiger partial charge < -0.3 is 5.32 Å². The van der Waals surface area contributed by atoms with Gasteiger partial charge in [0.25, 0.3) is 5.56 Å². The number of benzene rings is 1. The van der Waals surface area contributed by atoms with Crippen LogP contribution in [0.3, 0.4) is 0 Å². The number of amides is 1. The molecular weight excluding hydrogens is 473 g/mol. The lowest BCUT2D eigenvalue weighted by Gasteiger charge is -2.34. The number of piperazine rings is 1. The van der Waals surface area contributed by atoms with Crippen molar-refractivity contribution < 1.29 is 9.18 Å². The first-order chi connectivity index (χ1) is 16.5. The summed E-state index contributed by atoms with van der Waals surface area (Å²) in [7, 11) is 0. The van der Waals surface area contributed by atoms with Gasteiger partial charge in [-0.3, -0.25) is 23.8 Å². The zero-order valence-corrected chi connectivity index (χ0v) is 20.0. The monoisotopic (exact) mass is 497 g/mol. The van der Waals surface area contributed by atoms with E-state index in [0.29, 0.717) is 18.1 Å². The molecule has 0 unspecified atom stereocenters. The molecular formula is C24H24FN5O2S2. The fourth-order valence-corrected chi connectivity index (χ4v) is 5.68. The van der Waals surface area contributed by atoms with Crippen LogP contribution in [0.4, 0.5) is 4.39 Å². The number of aromatic nitrogens is 2. The van der Waals surface area contributed by atoms with E-state index in [2.05, 4.69) is 20.1 Å². The number of hydrogen-bond donors (Lipinski definition) is 1. The Morgan fingerprint density at radius 1 is 1.06 bits per heavy atom. The molecule has 0 radical (unpaired) electrons. The predicted molar refractivity (Wildman–Crippen MR) is 132 cm³/mol. The Morgan fingerprint density at radius 3 is 2.56 bits per heavy atom. The summed E-state index contributed by atoms with van der Waals surface area (Å²) < 4.78 is 14.9. The smallest absolute Gasteiger partial charge is 0.258 e. The Labute approximate surface area is 204 Å². The molecule has 1 fully saturated rings. The van der Waals surface area contributed by atoms with Crippen LogP contribution in [0.25, 0.3) is 4.96 Å². The summed E-state index contributed by atoms with van der Waals surface area (Å²) in [5, 5.41) is 6.95. The molecule has 3 aromatic heterocycles. The van der Waals surface area contributed by atoms with Crippen LogP contribution in [-0.2, 0) is 11.3 Å². The minimum Gasteiger partial charge on any atom is -0.343 e. The average molecular weight is 498 g/mol. The highest BCUT2D eigenvalue weighted by atomic mass is 32.1. The maximum Gasteiger partial charge on any atom is 0.258 e. The van der Waals surface area contributed by atoms with E-state index in [4.69, 9.17) is 0 Å². The van der Waals surface area contributed by atoms with E-state index in [9.17, 15) is 14.0 Å². The topological polar surface area (TPSA) is 70.0 Å². The predicted octanol–water partition coefficient (Wildman–Crippen LogP) is 2.98. The van der Waals surface area contributed by atoms with Gasteiger partial charge in [0.05, 0.1) is 18.3 Å². The Hall–Kier alpha value is -2.92. The van der Waals surface area contributed by atoms with Crippen molar-refractivity contribution in [3.05, 3.63) is 91.7 Å². The van der Waals surface area contributed by atoms with Gasteiger partial charge in [-0.1, -0.05) is 18.2 Å². The first kappa shape index (κ1) is 22.9. The number of hydrogen-bond acceptors (Lipinski definition) is 7. The van der Waals surface area contributed by atoms with Gasteiger partial charge >= 0.3 is 0 Å². The van der Waals surface area contributed by atoms with Gasteiger partial charge in [-0.15, -0.1) is 22.7 Å². The first-order valence-electron chi connectivity index (χ1n) is 11.0. The van der Waals surface area contributed by atoms with Crippen LogP contribution in [0.5, 0.6) is 0 Å². The molecule has 0 aliphatic carbocycles. The number of nitrogens with zero attached hydrogens (tertiary/aromatic N) is 4. The summed E-state index contributed by atoms with van der Waals surface area (Å²) in [6.07, 6.45) is 1.74. The summed E-state index contributed by atoms with van der Waals surface area (Å²) in [6.45, 7) is 4.03. The van der Waals surface area contributed by atoms with E-state index in [0.717, 1.165) is 42.3 Å².